The van der Waals surface area contributed by atoms with Crippen molar-refractivity contribution >= 4 is 0 Å². The SMILES string of the molecule is CCC(CC)n1ccc(CC(N)c2cccc(C)c2C)n1. The van der Waals surface area contributed by atoms with Gasteiger partial charge in [0.25, 0.3) is 0 Å². The van der Waals surface area contributed by atoms with Crippen LogP contribution >= 0.6 is 0 Å². The standard InChI is InChI=1S/C18H27N3/c1-5-16(6-2)21-11-10-15(20-21)12-18(19)17-9-7-8-13(3)14(17)4/h7-11,16,18H,5-6,12,19H2,1-4H3. The van der Waals surface area contributed by atoms with Crippen molar-refractivity contribution < 1.29 is 0 Å². The zero-order valence-corrected chi connectivity index (χ0v) is 13.6. The van der Waals surface area contributed by atoms with Gasteiger partial charge >= 0.3 is 0 Å². The highest BCUT2D eigenvalue weighted by Gasteiger charge is 2.14. The predicted octanol–water partition coefficient (Wildman–Crippen LogP) is 4.10. The fraction of sp³-hybridized carbons (Fsp3) is 0.500. The van der Waals surface area contributed by atoms with Crippen LogP contribution in [0.5, 0.6) is 0 Å². The van der Waals surface area contributed by atoms with E-state index in [4.69, 9.17) is 10.8 Å². The third-order valence-electron chi connectivity index (χ3n) is 4.46. The van der Waals surface area contributed by atoms with Gasteiger partial charge in [-0.05, 0) is 49.4 Å². The number of aryl methyl sites for hydroxylation is 1. The molecule has 0 aliphatic carbocycles. The second kappa shape index (κ2) is 6.90. The minimum Gasteiger partial charge on any atom is -0.324 e. The molecule has 0 amide bonds. The Labute approximate surface area is 128 Å². The van der Waals surface area contributed by atoms with Gasteiger partial charge in [0.05, 0.1) is 11.7 Å². The number of benzene rings is 1. The van der Waals surface area contributed by atoms with Crippen LogP contribution in [0, 0.1) is 13.8 Å². The molecule has 1 aromatic heterocycles. The smallest absolute Gasteiger partial charge is 0.0643 e. The van der Waals surface area contributed by atoms with Crippen molar-refractivity contribution in [1.82, 2.24) is 9.78 Å². The number of nitrogens with zero attached hydrogens (tertiary/aromatic N) is 2. The van der Waals surface area contributed by atoms with Crippen molar-refractivity contribution in [3.8, 4) is 0 Å². The lowest BCUT2D eigenvalue weighted by atomic mass is 9.95. The second-order valence-electron chi connectivity index (χ2n) is 5.86. The van der Waals surface area contributed by atoms with Gasteiger partial charge in [-0.3, -0.25) is 4.68 Å². The first kappa shape index (κ1) is 15.8. The van der Waals surface area contributed by atoms with Crippen LogP contribution in [-0.4, -0.2) is 9.78 Å². The Morgan fingerprint density at radius 1 is 1.14 bits per heavy atom. The molecule has 1 unspecified atom stereocenters. The fourth-order valence-corrected chi connectivity index (χ4v) is 2.86. The topological polar surface area (TPSA) is 43.8 Å². The van der Waals surface area contributed by atoms with E-state index in [0.29, 0.717) is 6.04 Å². The molecule has 1 heterocycles. The molecule has 0 spiro atoms. The Balaban J connectivity index is 2.13. The van der Waals surface area contributed by atoms with Crippen LogP contribution in [0.3, 0.4) is 0 Å². The molecule has 0 aliphatic rings. The highest BCUT2D eigenvalue weighted by molar-refractivity contribution is 5.35. The van der Waals surface area contributed by atoms with E-state index in [1.54, 1.807) is 0 Å². The van der Waals surface area contributed by atoms with E-state index in [-0.39, 0.29) is 6.04 Å². The molecule has 0 fully saturated rings. The molecule has 3 nitrogen and oxygen atoms in total. The molecule has 2 rings (SSSR count). The van der Waals surface area contributed by atoms with Crippen LogP contribution in [0.15, 0.2) is 30.5 Å². The molecule has 2 N–H and O–H groups in total. The number of nitrogens with two attached hydrogens (primary N) is 1. The summed E-state index contributed by atoms with van der Waals surface area (Å²) in [6.45, 7) is 8.69. The number of hydrogen-bond donors (Lipinski definition) is 1. The van der Waals surface area contributed by atoms with E-state index in [2.05, 4.69) is 62.8 Å². The summed E-state index contributed by atoms with van der Waals surface area (Å²) in [7, 11) is 0. The molecule has 114 valence electrons. The van der Waals surface area contributed by atoms with Gasteiger partial charge in [-0.15, -0.1) is 0 Å². The van der Waals surface area contributed by atoms with Crippen molar-refractivity contribution in [3.63, 3.8) is 0 Å². The van der Waals surface area contributed by atoms with E-state index in [1.165, 1.54) is 16.7 Å². The van der Waals surface area contributed by atoms with Crippen molar-refractivity contribution in [2.24, 2.45) is 5.73 Å². The first-order chi connectivity index (χ1) is 10.1. The largest absolute Gasteiger partial charge is 0.324 e. The quantitative estimate of drug-likeness (QED) is 0.868. The van der Waals surface area contributed by atoms with E-state index in [0.717, 1.165) is 25.0 Å². The molecular weight excluding hydrogens is 258 g/mol. The first-order valence-electron chi connectivity index (χ1n) is 7.92. The average molecular weight is 285 g/mol. The lowest BCUT2D eigenvalue weighted by Gasteiger charge is -2.16. The average Bonchev–Trinajstić information content (AvgIpc) is 2.91. The van der Waals surface area contributed by atoms with Gasteiger partial charge in [0, 0.05) is 18.7 Å². The maximum absolute atomic E-state index is 6.40. The lowest BCUT2D eigenvalue weighted by molar-refractivity contribution is 0.424. The van der Waals surface area contributed by atoms with E-state index in [9.17, 15) is 0 Å². The summed E-state index contributed by atoms with van der Waals surface area (Å²) < 4.78 is 2.09. The molecule has 3 heteroatoms. The third kappa shape index (κ3) is 3.53. The van der Waals surface area contributed by atoms with E-state index in [1.807, 2.05) is 0 Å². The van der Waals surface area contributed by atoms with Crippen molar-refractivity contribution in [2.45, 2.75) is 59.0 Å². The zero-order chi connectivity index (χ0) is 15.4. The Kier molecular flexibility index (Phi) is 5.18. The highest BCUT2D eigenvalue weighted by atomic mass is 15.3. The number of rotatable bonds is 6. The molecule has 2 aromatic rings. The van der Waals surface area contributed by atoms with Crippen LogP contribution in [0.25, 0.3) is 0 Å². The Morgan fingerprint density at radius 2 is 1.86 bits per heavy atom. The van der Waals surface area contributed by atoms with Crippen molar-refractivity contribution in [3.05, 3.63) is 52.8 Å². The Hall–Kier alpha value is -1.61. The zero-order valence-electron chi connectivity index (χ0n) is 13.6. The van der Waals surface area contributed by atoms with Crippen LogP contribution < -0.4 is 5.73 Å². The highest BCUT2D eigenvalue weighted by Crippen LogP contribution is 2.22. The first-order valence-corrected chi connectivity index (χ1v) is 7.92. The summed E-state index contributed by atoms with van der Waals surface area (Å²) in [5.74, 6) is 0. The molecule has 0 radical (unpaired) electrons. The summed E-state index contributed by atoms with van der Waals surface area (Å²) in [6.07, 6.45) is 5.10. The van der Waals surface area contributed by atoms with Crippen molar-refractivity contribution in [2.75, 3.05) is 0 Å². The summed E-state index contributed by atoms with van der Waals surface area (Å²) >= 11 is 0. The van der Waals surface area contributed by atoms with Crippen LogP contribution in [0.2, 0.25) is 0 Å². The number of hydrogen-bond acceptors (Lipinski definition) is 2. The van der Waals surface area contributed by atoms with Crippen LogP contribution in [0.1, 0.15) is 61.2 Å². The molecule has 21 heavy (non-hydrogen) atoms. The van der Waals surface area contributed by atoms with Crippen LogP contribution in [0.4, 0.5) is 0 Å². The van der Waals surface area contributed by atoms with Crippen LogP contribution in [-0.2, 0) is 6.42 Å². The Morgan fingerprint density at radius 3 is 2.52 bits per heavy atom. The molecule has 0 saturated carbocycles. The molecule has 1 atom stereocenters. The summed E-state index contributed by atoms with van der Waals surface area (Å²) in [5, 5.41) is 4.71. The maximum atomic E-state index is 6.40. The molecule has 0 saturated heterocycles. The molecule has 0 aliphatic heterocycles. The lowest BCUT2D eigenvalue weighted by Crippen LogP contribution is -2.16. The summed E-state index contributed by atoms with van der Waals surface area (Å²) in [5.41, 5.74) is 11.3. The van der Waals surface area contributed by atoms with Gasteiger partial charge in [-0.25, -0.2) is 0 Å². The minimum atomic E-state index is 0.00922. The van der Waals surface area contributed by atoms with Gasteiger partial charge in [-0.1, -0.05) is 32.0 Å². The van der Waals surface area contributed by atoms with Crippen molar-refractivity contribution in [1.29, 1.82) is 0 Å². The maximum Gasteiger partial charge on any atom is 0.0643 e. The molecule has 0 bridgehead atoms. The third-order valence-corrected chi connectivity index (χ3v) is 4.46. The molecular formula is C18H27N3. The van der Waals surface area contributed by atoms with Gasteiger partial charge in [0.15, 0.2) is 0 Å². The summed E-state index contributed by atoms with van der Waals surface area (Å²) in [6, 6.07) is 8.95. The van der Waals surface area contributed by atoms with Gasteiger partial charge in [-0.2, -0.15) is 5.10 Å². The Bertz CT molecular complexity index is 582. The van der Waals surface area contributed by atoms with Gasteiger partial charge in [0.1, 0.15) is 0 Å². The molecule has 1 aromatic carbocycles. The van der Waals surface area contributed by atoms with E-state index >= 15 is 0 Å². The van der Waals surface area contributed by atoms with Gasteiger partial charge < -0.3 is 5.73 Å². The normalized spacial score (nSPS) is 12.9. The second-order valence-corrected chi connectivity index (χ2v) is 5.86. The monoisotopic (exact) mass is 285 g/mol. The predicted molar refractivity (Wildman–Crippen MR) is 88.4 cm³/mol. The van der Waals surface area contributed by atoms with E-state index < -0.39 is 0 Å². The number of aromatic nitrogens is 2. The fourth-order valence-electron chi connectivity index (χ4n) is 2.86. The minimum absolute atomic E-state index is 0.00922. The van der Waals surface area contributed by atoms with Gasteiger partial charge in [0.2, 0.25) is 0 Å². The summed E-state index contributed by atoms with van der Waals surface area (Å²) in [4.78, 5) is 0.